The number of rotatable bonds is 3. The maximum absolute atomic E-state index is 13.5. The van der Waals surface area contributed by atoms with Crippen molar-refractivity contribution in [2.45, 2.75) is 27.4 Å². The minimum atomic E-state index is -0.553. The van der Waals surface area contributed by atoms with Crippen molar-refractivity contribution in [2.75, 3.05) is 0 Å². The molecular formula is C17H16FNO. The smallest absolute Gasteiger partial charge is 0.144 e. The van der Waals surface area contributed by atoms with Crippen molar-refractivity contribution in [1.82, 2.24) is 0 Å². The van der Waals surface area contributed by atoms with E-state index in [0.29, 0.717) is 6.61 Å². The number of halogens is 1. The van der Waals surface area contributed by atoms with Crippen LogP contribution in [-0.4, -0.2) is 0 Å². The average Bonchev–Trinajstić information content (AvgIpc) is 2.37. The molecule has 0 N–H and O–H groups in total. The van der Waals surface area contributed by atoms with Crippen molar-refractivity contribution in [3.8, 4) is 11.8 Å². The van der Waals surface area contributed by atoms with Crippen LogP contribution in [0.15, 0.2) is 30.3 Å². The van der Waals surface area contributed by atoms with Gasteiger partial charge in [0.25, 0.3) is 0 Å². The summed E-state index contributed by atoms with van der Waals surface area (Å²) in [5, 5.41) is 8.97. The highest BCUT2D eigenvalue weighted by Gasteiger charge is 2.10. The van der Waals surface area contributed by atoms with Crippen LogP contribution in [0.4, 0.5) is 4.39 Å². The number of aryl methyl sites for hydroxylation is 3. The Hall–Kier alpha value is -2.34. The first kappa shape index (κ1) is 14.1. The largest absolute Gasteiger partial charge is 0.487 e. The van der Waals surface area contributed by atoms with Crippen LogP contribution in [0.1, 0.15) is 27.8 Å². The second-order valence-corrected chi connectivity index (χ2v) is 4.89. The minimum absolute atomic E-state index is 0.0464. The zero-order valence-electron chi connectivity index (χ0n) is 11.8. The first-order valence-corrected chi connectivity index (χ1v) is 6.41. The van der Waals surface area contributed by atoms with Gasteiger partial charge in [0.1, 0.15) is 29.8 Å². The third kappa shape index (κ3) is 2.80. The van der Waals surface area contributed by atoms with Crippen LogP contribution in [0.5, 0.6) is 5.75 Å². The molecule has 0 saturated heterocycles. The molecule has 3 heteroatoms. The van der Waals surface area contributed by atoms with Gasteiger partial charge in [-0.05, 0) is 49.6 Å². The molecule has 0 amide bonds. The fraction of sp³-hybridized carbons (Fsp3) is 0.235. The molecule has 0 bridgehead atoms. The van der Waals surface area contributed by atoms with Crippen LogP contribution < -0.4 is 4.74 Å². The Bertz CT molecular complexity index is 663. The van der Waals surface area contributed by atoms with Crippen molar-refractivity contribution in [2.24, 2.45) is 0 Å². The van der Waals surface area contributed by atoms with E-state index in [2.05, 4.69) is 12.1 Å². The van der Waals surface area contributed by atoms with E-state index in [1.54, 1.807) is 12.1 Å². The van der Waals surface area contributed by atoms with Gasteiger partial charge in [-0.3, -0.25) is 0 Å². The number of nitrogens with zero attached hydrogens (tertiary/aromatic N) is 1. The number of hydrogen-bond donors (Lipinski definition) is 0. The molecule has 2 rings (SSSR count). The highest BCUT2D eigenvalue weighted by atomic mass is 19.1. The molecule has 2 aromatic rings. The van der Waals surface area contributed by atoms with Gasteiger partial charge in [0.05, 0.1) is 0 Å². The van der Waals surface area contributed by atoms with E-state index >= 15 is 0 Å². The summed E-state index contributed by atoms with van der Waals surface area (Å²) in [5.41, 5.74) is 4.50. The second-order valence-electron chi connectivity index (χ2n) is 4.89. The summed E-state index contributed by atoms with van der Waals surface area (Å²) in [6.07, 6.45) is 0. The molecule has 0 atom stereocenters. The van der Waals surface area contributed by atoms with E-state index in [1.165, 1.54) is 11.6 Å². The molecule has 0 unspecified atom stereocenters. The van der Waals surface area contributed by atoms with Gasteiger partial charge >= 0.3 is 0 Å². The highest BCUT2D eigenvalue weighted by molar-refractivity contribution is 5.44. The van der Waals surface area contributed by atoms with E-state index in [4.69, 9.17) is 10.00 Å². The first-order valence-electron chi connectivity index (χ1n) is 6.41. The summed E-state index contributed by atoms with van der Waals surface area (Å²) in [4.78, 5) is 0. The van der Waals surface area contributed by atoms with Gasteiger partial charge < -0.3 is 4.74 Å². The van der Waals surface area contributed by atoms with Crippen LogP contribution >= 0.6 is 0 Å². The minimum Gasteiger partial charge on any atom is -0.487 e. The van der Waals surface area contributed by atoms with Crippen molar-refractivity contribution >= 4 is 0 Å². The highest BCUT2D eigenvalue weighted by Crippen LogP contribution is 2.23. The maximum Gasteiger partial charge on any atom is 0.144 e. The molecule has 0 fully saturated rings. The van der Waals surface area contributed by atoms with Crippen LogP contribution in [-0.2, 0) is 6.61 Å². The molecule has 0 saturated carbocycles. The monoisotopic (exact) mass is 269 g/mol. The molecule has 2 aromatic carbocycles. The quantitative estimate of drug-likeness (QED) is 0.836. The molecule has 2 nitrogen and oxygen atoms in total. The third-order valence-corrected chi connectivity index (χ3v) is 3.30. The van der Waals surface area contributed by atoms with Gasteiger partial charge in [-0.2, -0.15) is 5.26 Å². The van der Waals surface area contributed by atoms with Gasteiger partial charge in [-0.15, -0.1) is 0 Å². The molecule has 0 radical (unpaired) electrons. The van der Waals surface area contributed by atoms with Crippen molar-refractivity contribution < 1.29 is 9.13 Å². The Balaban J connectivity index is 2.27. The van der Waals surface area contributed by atoms with Crippen LogP contribution in [0.25, 0.3) is 0 Å². The number of nitriles is 1. The molecule has 0 aliphatic rings. The molecule has 0 heterocycles. The van der Waals surface area contributed by atoms with Crippen LogP contribution in [0.3, 0.4) is 0 Å². The van der Waals surface area contributed by atoms with Gasteiger partial charge in [0.2, 0.25) is 0 Å². The predicted octanol–water partition coefficient (Wildman–Crippen LogP) is 4.20. The molecule has 0 aromatic heterocycles. The maximum atomic E-state index is 13.5. The topological polar surface area (TPSA) is 33.0 Å². The fourth-order valence-corrected chi connectivity index (χ4v) is 2.32. The molecule has 20 heavy (non-hydrogen) atoms. The summed E-state index contributed by atoms with van der Waals surface area (Å²) in [6, 6.07) is 10.4. The third-order valence-electron chi connectivity index (χ3n) is 3.30. The predicted molar refractivity (Wildman–Crippen MR) is 76.1 cm³/mol. The van der Waals surface area contributed by atoms with E-state index in [-0.39, 0.29) is 11.3 Å². The number of ether oxygens (including phenoxy) is 1. The fourth-order valence-electron chi connectivity index (χ4n) is 2.32. The summed E-state index contributed by atoms with van der Waals surface area (Å²) >= 11 is 0. The van der Waals surface area contributed by atoms with Crippen molar-refractivity contribution in [3.63, 3.8) is 0 Å². The van der Waals surface area contributed by atoms with E-state index in [1.807, 2.05) is 26.8 Å². The van der Waals surface area contributed by atoms with Gasteiger partial charge in [0.15, 0.2) is 0 Å². The van der Waals surface area contributed by atoms with E-state index in [9.17, 15) is 4.39 Å². The second kappa shape index (κ2) is 5.75. The van der Waals surface area contributed by atoms with Crippen molar-refractivity contribution in [3.05, 3.63) is 64.0 Å². The Kier molecular flexibility index (Phi) is 4.05. The summed E-state index contributed by atoms with van der Waals surface area (Å²) < 4.78 is 19.1. The lowest BCUT2D eigenvalue weighted by atomic mass is 10.0. The Morgan fingerprint density at radius 1 is 1.15 bits per heavy atom. The zero-order valence-corrected chi connectivity index (χ0v) is 11.8. The molecule has 0 aliphatic carbocycles. The summed E-state index contributed by atoms with van der Waals surface area (Å²) in [7, 11) is 0. The van der Waals surface area contributed by atoms with Gasteiger partial charge in [-0.1, -0.05) is 23.8 Å². The summed E-state index contributed by atoms with van der Waals surface area (Å²) in [5.74, 6) is -0.269. The van der Waals surface area contributed by atoms with Crippen LogP contribution in [0.2, 0.25) is 0 Å². The molecule has 0 spiro atoms. The van der Waals surface area contributed by atoms with Gasteiger partial charge in [0, 0.05) is 0 Å². The normalized spacial score (nSPS) is 10.2. The lowest BCUT2D eigenvalue weighted by Gasteiger charge is -2.13. The van der Waals surface area contributed by atoms with E-state index in [0.717, 1.165) is 16.7 Å². The molecule has 0 aliphatic heterocycles. The average molecular weight is 269 g/mol. The van der Waals surface area contributed by atoms with Crippen LogP contribution in [0, 0.1) is 37.9 Å². The number of hydrogen-bond acceptors (Lipinski definition) is 2. The van der Waals surface area contributed by atoms with E-state index < -0.39 is 5.82 Å². The lowest BCUT2D eigenvalue weighted by Crippen LogP contribution is -2.03. The Morgan fingerprint density at radius 2 is 1.80 bits per heavy atom. The number of benzene rings is 2. The Morgan fingerprint density at radius 3 is 2.40 bits per heavy atom. The first-order chi connectivity index (χ1) is 9.52. The standard InChI is InChI=1S/C17H16FNO/c1-11-7-12(2)15(13(3)8-11)10-20-17-6-4-5-16(18)14(17)9-19/h4-8H,10H2,1-3H3. The SMILES string of the molecule is Cc1cc(C)c(COc2cccc(F)c2C#N)c(C)c1. The molecule has 102 valence electrons. The Labute approximate surface area is 118 Å². The summed E-state index contributed by atoms with van der Waals surface area (Å²) in [6.45, 7) is 6.42. The van der Waals surface area contributed by atoms with Gasteiger partial charge in [-0.25, -0.2) is 4.39 Å². The van der Waals surface area contributed by atoms with Crippen molar-refractivity contribution in [1.29, 1.82) is 5.26 Å². The molecular weight excluding hydrogens is 253 g/mol. The lowest BCUT2D eigenvalue weighted by molar-refractivity contribution is 0.302. The zero-order chi connectivity index (χ0) is 14.7.